The Bertz CT molecular complexity index is 295. The molecule has 0 aliphatic carbocycles. The number of hydrogen-bond acceptors (Lipinski definition) is 5. The average molecular weight is 316 g/mol. The predicted molar refractivity (Wildman–Crippen MR) is 85.5 cm³/mol. The zero-order valence-corrected chi connectivity index (χ0v) is 13.7. The molecular formula is C17H32O5. The smallest absolute Gasteiger partial charge is 0.154 e. The van der Waals surface area contributed by atoms with Crippen molar-refractivity contribution in [2.75, 3.05) is 13.2 Å². The monoisotopic (exact) mass is 316 g/mol. The fourth-order valence-corrected chi connectivity index (χ4v) is 2.62. The number of hydrogen-bond donors (Lipinski definition) is 3. The Kier molecular flexibility index (Phi) is 10.5. The molecule has 3 N–H and O–H groups in total. The van der Waals surface area contributed by atoms with E-state index in [1.165, 1.54) is 38.5 Å². The van der Waals surface area contributed by atoms with Crippen molar-refractivity contribution >= 4 is 0 Å². The van der Waals surface area contributed by atoms with Crippen LogP contribution in [0.25, 0.3) is 0 Å². The Morgan fingerprint density at radius 3 is 2.45 bits per heavy atom. The van der Waals surface area contributed by atoms with Gasteiger partial charge in [0.15, 0.2) is 6.10 Å². The first kappa shape index (κ1) is 19.4. The fourth-order valence-electron chi connectivity index (χ4n) is 2.62. The number of aliphatic hydroxyl groups is 3. The maximum Gasteiger partial charge on any atom is 0.154 e. The van der Waals surface area contributed by atoms with Crippen LogP contribution in [0.2, 0.25) is 0 Å². The number of unbranched alkanes of at least 4 members (excludes halogenated alkanes) is 7. The van der Waals surface area contributed by atoms with E-state index in [1.54, 1.807) is 6.26 Å². The summed E-state index contributed by atoms with van der Waals surface area (Å²) in [6.45, 7) is 2.01. The molecule has 1 heterocycles. The molecule has 130 valence electrons. The van der Waals surface area contributed by atoms with Gasteiger partial charge in [0.1, 0.15) is 18.3 Å². The fraction of sp³-hybridized carbons (Fsp3) is 0.882. The second-order valence-electron chi connectivity index (χ2n) is 5.99. The lowest BCUT2D eigenvalue weighted by molar-refractivity contribution is -0.197. The van der Waals surface area contributed by atoms with Crippen molar-refractivity contribution < 1.29 is 24.8 Å². The molecular weight excluding hydrogens is 284 g/mol. The van der Waals surface area contributed by atoms with E-state index in [0.717, 1.165) is 12.8 Å². The lowest BCUT2D eigenvalue weighted by Gasteiger charge is -2.36. The Morgan fingerprint density at radius 1 is 1.09 bits per heavy atom. The molecule has 0 aromatic heterocycles. The molecule has 0 amide bonds. The van der Waals surface area contributed by atoms with Crippen molar-refractivity contribution in [1.82, 2.24) is 0 Å². The zero-order valence-electron chi connectivity index (χ0n) is 13.7. The average Bonchev–Trinajstić information content (AvgIpc) is 2.52. The van der Waals surface area contributed by atoms with Crippen molar-refractivity contribution in [3.8, 4) is 0 Å². The van der Waals surface area contributed by atoms with Gasteiger partial charge in [-0.2, -0.15) is 0 Å². The summed E-state index contributed by atoms with van der Waals surface area (Å²) in [7, 11) is 0. The van der Waals surface area contributed by atoms with E-state index < -0.39 is 24.4 Å². The van der Waals surface area contributed by atoms with Crippen LogP contribution in [0.15, 0.2) is 12.3 Å². The van der Waals surface area contributed by atoms with E-state index in [1.807, 2.05) is 6.08 Å². The van der Waals surface area contributed by atoms with E-state index in [0.29, 0.717) is 0 Å². The van der Waals surface area contributed by atoms with Crippen LogP contribution in [-0.4, -0.2) is 52.9 Å². The highest BCUT2D eigenvalue weighted by molar-refractivity contribution is 4.89. The summed E-state index contributed by atoms with van der Waals surface area (Å²) in [5.41, 5.74) is 0. The highest BCUT2D eigenvalue weighted by Crippen LogP contribution is 2.18. The number of ether oxygens (including phenoxy) is 2. The van der Waals surface area contributed by atoms with Gasteiger partial charge in [-0.1, -0.05) is 45.4 Å². The van der Waals surface area contributed by atoms with Crippen LogP contribution in [0.3, 0.4) is 0 Å². The molecule has 1 saturated heterocycles. The van der Waals surface area contributed by atoms with Gasteiger partial charge >= 0.3 is 0 Å². The molecule has 0 aromatic carbocycles. The summed E-state index contributed by atoms with van der Waals surface area (Å²) >= 11 is 0. The second-order valence-corrected chi connectivity index (χ2v) is 5.99. The van der Waals surface area contributed by atoms with Crippen molar-refractivity contribution in [2.24, 2.45) is 0 Å². The first-order chi connectivity index (χ1) is 10.7. The van der Waals surface area contributed by atoms with Crippen LogP contribution in [0.4, 0.5) is 0 Å². The minimum atomic E-state index is -1.02. The summed E-state index contributed by atoms with van der Waals surface area (Å²) in [4.78, 5) is 0. The van der Waals surface area contributed by atoms with Gasteiger partial charge in [0.25, 0.3) is 0 Å². The molecule has 0 unspecified atom stereocenters. The molecule has 5 heteroatoms. The summed E-state index contributed by atoms with van der Waals surface area (Å²) in [6, 6.07) is 0. The largest absolute Gasteiger partial charge is 0.493 e. The van der Waals surface area contributed by atoms with Gasteiger partial charge in [-0.05, 0) is 18.9 Å². The van der Waals surface area contributed by atoms with Crippen molar-refractivity contribution in [1.29, 1.82) is 0 Å². The van der Waals surface area contributed by atoms with Gasteiger partial charge in [-0.15, -0.1) is 0 Å². The minimum absolute atomic E-state index is 0.0680. The Hall–Kier alpha value is -0.620. The van der Waals surface area contributed by atoms with Crippen LogP contribution < -0.4 is 0 Å². The zero-order chi connectivity index (χ0) is 16.2. The van der Waals surface area contributed by atoms with Gasteiger partial charge in [0.2, 0.25) is 0 Å². The van der Waals surface area contributed by atoms with Gasteiger partial charge in [-0.3, -0.25) is 0 Å². The van der Waals surface area contributed by atoms with E-state index in [2.05, 4.69) is 6.92 Å². The van der Waals surface area contributed by atoms with Gasteiger partial charge in [0, 0.05) is 0 Å². The Morgan fingerprint density at radius 2 is 1.77 bits per heavy atom. The van der Waals surface area contributed by atoms with E-state index >= 15 is 0 Å². The van der Waals surface area contributed by atoms with Crippen LogP contribution in [-0.2, 0) is 9.47 Å². The highest BCUT2D eigenvalue weighted by atomic mass is 16.6. The molecule has 0 saturated carbocycles. The van der Waals surface area contributed by atoms with Crippen LogP contribution in [0.5, 0.6) is 0 Å². The molecule has 1 fully saturated rings. The topological polar surface area (TPSA) is 79.2 Å². The first-order valence-corrected chi connectivity index (χ1v) is 8.59. The molecule has 0 spiro atoms. The number of allylic oxidation sites excluding steroid dienone is 1. The highest BCUT2D eigenvalue weighted by Gasteiger charge is 2.39. The molecule has 0 bridgehead atoms. The quantitative estimate of drug-likeness (QED) is 0.402. The summed E-state index contributed by atoms with van der Waals surface area (Å²) in [5.74, 6) is 0. The third-order valence-corrected chi connectivity index (χ3v) is 4.06. The number of rotatable bonds is 11. The molecule has 1 rings (SSSR count). The van der Waals surface area contributed by atoms with Gasteiger partial charge in [0.05, 0.1) is 19.5 Å². The molecule has 0 aromatic rings. The molecule has 1 aliphatic heterocycles. The normalized spacial score (nSPS) is 29.1. The molecule has 4 atom stereocenters. The standard InChI is InChI=1S/C17H32O5/c1-2-3-4-5-6-7-8-9-10-11-21-17-14(19)13-22-15(12-18)16(17)20/h10-11,14-20H,2-9,12-13H2,1H3/b11-10+/t14-,15+,16+,17+/m0/s1. The predicted octanol–water partition coefficient (Wildman–Crippen LogP) is 2.14. The maximum absolute atomic E-state index is 9.94. The van der Waals surface area contributed by atoms with Crippen molar-refractivity contribution in [2.45, 2.75) is 82.7 Å². The first-order valence-electron chi connectivity index (χ1n) is 8.59. The summed E-state index contributed by atoms with van der Waals surface area (Å²) in [6.07, 6.45) is 9.99. The second kappa shape index (κ2) is 11.9. The Labute approximate surface area is 133 Å². The van der Waals surface area contributed by atoms with Crippen molar-refractivity contribution in [3.63, 3.8) is 0 Å². The van der Waals surface area contributed by atoms with Crippen LogP contribution in [0, 0.1) is 0 Å². The van der Waals surface area contributed by atoms with Crippen LogP contribution >= 0.6 is 0 Å². The Balaban J connectivity index is 2.11. The minimum Gasteiger partial charge on any atom is -0.493 e. The lowest BCUT2D eigenvalue weighted by Crippen LogP contribution is -2.54. The third kappa shape index (κ3) is 7.09. The SMILES string of the molecule is CCCCCCCCC/C=C/O[C@H]1[C@H](O)[C@@H](CO)OC[C@@H]1O. The number of aliphatic hydroxyl groups excluding tert-OH is 3. The maximum atomic E-state index is 9.94. The molecule has 1 aliphatic rings. The summed E-state index contributed by atoms with van der Waals surface area (Å²) in [5, 5.41) is 28.8. The molecule has 22 heavy (non-hydrogen) atoms. The van der Waals surface area contributed by atoms with Gasteiger partial charge < -0.3 is 24.8 Å². The third-order valence-electron chi connectivity index (χ3n) is 4.06. The van der Waals surface area contributed by atoms with Gasteiger partial charge in [-0.25, -0.2) is 0 Å². The lowest BCUT2D eigenvalue weighted by atomic mass is 10.0. The summed E-state index contributed by atoms with van der Waals surface area (Å²) < 4.78 is 10.6. The van der Waals surface area contributed by atoms with E-state index in [4.69, 9.17) is 14.6 Å². The van der Waals surface area contributed by atoms with Crippen molar-refractivity contribution in [3.05, 3.63) is 12.3 Å². The van der Waals surface area contributed by atoms with Crippen LogP contribution in [0.1, 0.15) is 58.3 Å². The molecule has 0 radical (unpaired) electrons. The molecule has 5 nitrogen and oxygen atoms in total. The van der Waals surface area contributed by atoms with E-state index in [9.17, 15) is 10.2 Å². The van der Waals surface area contributed by atoms with E-state index in [-0.39, 0.29) is 13.2 Å².